The molecule has 0 heterocycles. The highest BCUT2D eigenvalue weighted by atomic mass is 19.4. The topological polar surface area (TPSA) is 27.0 Å². The molecule has 1 aliphatic carbocycles. The summed E-state index contributed by atoms with van der Waals surface area (Å²) in [7, 11) is 0. The fraction of sp³-hybridized carbons (Fsp3) is 0.536. The highest BCUT2D eigenvalue weighted by molar-refractivity contribution is 5.37. The van der Waals surface area contributed by atoms with Crippen LogP contribution in [0.4, 0.5) is 13.2 Å². The second-order valence-corrected chi connectivity index (χ2v) is 9.27. The minimum atomic E-state index is -4.36. The first-order valence-electron chi connectivity index (χ1n) is 12.2. The highest BCUT2D eigenvalue weighted by Crippen LogP contribution is 2.44. The third-order valence-electron chi connectivity index (χ3n) is 7.28. The minimum Gasteiger partial charge on any atom is -0.303 e. The van der Waals surface area contributed by atoms with Crippen molar-refractivity contribution in [2.45, 2.75) is 69.9 Å². The maximum atomic E-state index is 13.1. The Morgan fingerprint density at radius 1 is 0.909 bits per heavy atom. The Bertz CT molecular complexity index is 880. The summed E-state index contributed by atoms with van der Waals surface area (Å²) in [6.45, 7) is 4.94. The molecule has 178 valence electrons. The van der Waals surface area contributed by atoms with Crippen LogP contribution in [0.5, 0.6) is 0 Å². The number of hydrogen-bond acceptors (Lipinski definition) is 2. The maximum Gasteiger partial charge on any atom is 0.416 e. The Kier molecular flexibility index (Phi) is 8.97. The molecule has 0 aromatic heterocycles. The number of benzene rings is 2. The van der Waals surface area contributed by atoms with E-state index in [-0.39, 0.29) is 5.92 Å². The van der Waals surface area contributed by atoms with Crippen LogP contribution in [-0.2, 0) is 18.0 Å². The van der Waals surface area contributed by atoms with Gasteiger partial charge in [-0.1, -0.05) is 68.7 Å². The van der Waals surface area contributed by atoms with E-state index < -0.39 is 17.2 Å². The number of halogens is 3. The number of nitriles is 1. The Morgan fingerprint density at radius 2 is 1.55 bits per heavy atom. The van der Waals surface area contributed by atoms with E-state index in [0.717, 1.165) is 75.9 Å². The molecule has 2 aromatic carbocycles. The molecule has 5 heteroatoms. The minimum absolute atomic E-state index is 0.201. The largest absolute Gasteiger partial charge is 0.416 e. The zero-order valence-corrected chi connectivity index (χ0v) is 19.6. The molecule has 2 aromatic rings. The normalized spacial score (nSPS) is 17.0. The van der Waals surface area contributed by atoms with Gasteiger partial charge in [0.05, 0.1) is 17.0 Å². The number of nitrogens with zero attached hydrogens (tertiary/aromatic N) is 2. The molecule has 1 unspecified atom stereocenters. The van der Waals surface area contributed by atoms with Gasteiger partial charge < -0.3 is 4.90 Å². The SMILES string of the molecule is CCN(CCCC(C#N)(c1ccc(C(F)(F)F)cc1)C1CCCCC1)CCc1ccccc1. The van der Waals surface area contributed by atoms with Crippen LogP contribution in [0.15, 0.2) is 54.6 Å². The molecule has 0 saturated heterocycles. The predicted octanol–water partition coefficient (Wildman–Crippen LogP) is 7.39. The van der Waals surface area contributed by atoms with Crippen molar-refractivity contribution in [2.75, 3.05) is 19.6 Å². The van der Waals surface area contributed by atoms with E-state index >= 15 is 0 Å². The lowest BCUT2D eigenvalue weighted by atomic mass is 9.63. The van der Waals surface area contributed by atoms with Crippen LogP contribution in [0, 0.1) is 17.2 Å². The lowest BCUT2D eigenvalue weighted by Crippen LogP contribution is -2.37. The third kappa shape index (κ3) is 6.60. The monoisotopic (exact) mass is 456 g/mol. The summed E-state index contributed by atoms with van der Waals surface area (Å²) in [5, 5.41) is 10.4. The van der Waals surface area contributed by atoms with Crippen molar-refractivity contribution in [1.29, 1.82) is 5.26 Å². The maximum absolute atomic E-state index is 13.1. The molecule has 2 nitrogen and oxygen atoms in total. The molecule has 33 heavy (non-hydrogen) atoms. The fourth-order valence-corrected chi connectivity index (χ4v) is 5.29. The van der Waals surface area contributed by atoms with Gasteiger partial charge in [0, 0.05) is 6.54 Å². The van der Waals surface area contributed by atoms with E-state index in [0.29, 0.717) is 6.42 Å². The van der Waals surface area contributed by atoms with Gasteiger partial charge in [0.25, 0.3) is 0 Å². The molecule has 0 aliphatic heterocycles. The molecule has 0 radical (unpaired) electrons. The van der Waals surface area contributed by atoms with Gasteiger partial charge in [0.1, 0.15) is 0 Å². The Labute approximate surface area is 196 Å². The van der Waals surface area contributed by atoms with E-state index in [2.05, 4.69) is 42.2 Å². The van der Waals surface area contributed by atoms with Crippen LogP contribution in [0.2, 0.25) is 0 Å². The van der Waals surface area contributed by atoms with E-state index in [9.17, 15) is 18.4 Å². The average Bonchev–Trinajstić information content (AvgIpc) is 2.85. The van der Waals surface area contributed by atoms with Gasteiger partial charge >= 0.3 is 6.18 Å². The van der Waals surface area contributed by atoms with Gasteiger partial charge in [-0.15, -0.1) is 0 Å². The second-order valence-electron chi connectivity index (χ2n) is 9.27. The van der Waals surface area contributed by atoms with Crippen LogP contribution >= 0.6 is 0 Å². The summed E-state index contributed by atoms with van der Waals surface area (Å²) in [6, 6.07) is 18.4. The summed E-state index contributed by atoms with van der Waals surface area (Å²) >= 11 is 0. The van der Waals surface area contributed by atoms with Crippen molar-refractivity contribution in [3.63, 3.8) is 0 Å². The summed E-state index contributed by atoms with van der Waals surface area (Å²) in [5.41, 5.74) is 0.690. The number of alkyl halides is 3. The first kappa shape index (κ1) is 25.3. The predicted molar refractivity (Wildman–Crippen MR) is 127 cm³/mol. The summed E-state index contributed by atoms with van der Waals surface area (Å²) < 4.78 is 39.3. The Balaban J connectivity index is 1.72. The first-order valence-corrected chi connectivity index (χ1v) is 12.2. The van der Waals surface area contributed by atoms with Crippen molar-refractivity contribution in [3.05, 3.63) is 71.3 Å². The molecule has 1 saturated carbocycles. The lowest BCUT2D eigenvalue weighted by Gasteiger charge is -2.38. The van der Waals surface area contributed by atoms with Gasteiger partial charge in [-0.3, -0.25) is 0 Å². The summed E-state index contributed by atoms with van der Waals surface area (Å²) in [5.74, 6) is 0.201. The average molecular weight is 457 g/mol. The van der Waals surface area contributed by atoms with Gasteiger partial charge in [-0.25, -0.2) is 0 Å². The standard InChI is InChI=1S/C28H35F3N2/c1-2-33(21-18-23-10-5-3-6-11-23)20-9-19-27(22-32,24-12-7-4-8-13-24)25-14-16-26(17-15-25)28(29,30)31/h3,5-6,10-11,14-17,24H,2,4,7-9,12-13,18-21H2,1H3. The lowest BCUT2D eigenvalue weighted by molar-refractivity contribution is -0.137. The quantitative estimate of drug-likeness (QED) is 0.373. The van der Waals surface area contributed by atoms with Crippen LogP contribution in [0.3, 0.4) is 0 Å². The van der Waals surface area contributed by atoms with Crippen LogP contribution in [0.1, 0.15) is 68.6 Å². The zero-order chi connectivity index (χ0) is 23.7. The van der Waals surface area contributed by atoms with E-state index in [1.165, 1.54) is 12.0 Å². The smallest absolute Gasteiger partial charge is 0.303 e. The van der Waals surface area contributed by atoms with Crippen molar-refractivity contribution in [2.24, 2.45) is 5.92 Å². The third-order valence-corrected chi connectivity index (χ3v) is 7.28. The van der Waals surface area contributed by atoms with Gasteiger partial charge in [-0.2, -0.15) is 18.4 Å². The molecular formula is C28H35F3N2. The molecule has 1 atom stereocenters. The van der Waals surface area contributed by atoms with Crippen molar-refractivity contribution in [1.82, 2.24) is 4.90 Å². The van der Waals surface area contributed by atoms with Crippen LogP contribution < -0.4 is 0 Å². The van der Waals surface area contributed by atoms with Gasteiger partial charge in [0.15, 0.2) is 0 Å². The van der Waals surface area contributed by atoms with Crippen LogP contribution in [-0.4, -0.2) is 24.5 Å². The molecule has 1 aliphatic rings. The van der Waals surface area contributed by atoms with Crippen molar-refractivity contribution >= 4 is 0 Å². The highest BCUT2D eigenvalue weighted by Gasteiger charge is 2.41. The molecule has 0 spiro atoms. The molecule has 1 fully saturated rings. The van der Waals surface area contributed by atoms with Crippen LogP contribution in [0.25, 0.3) is 0 Å². The summed E-state index contributed by atoms with van der Waals surface area (Å²) in [4.78, 5) is 2.41. The van der Waals surface area contributed by atoms with Gasteiger partial charge in [-0.05, 0) is 74.4 Å². The van der Waals surface area contributed by atoms with Crippen molar-refractivity contribution < 1.29 is 13.2 Å². The number of hydrogen-bond donors (Lipinski definition) is 0. The molecule has 3 rings (SSSR count). The first-order chi connectivity index (χ1) is 15.9. The van der Waals surface area contributed by atoms with E-state index in [1.807, 2.05) is 6.07 Å². The molecule has 0 amide bonds. The molecular weight excluding hydrogens is 421 g/mol. The fourth-order valence-electron chi connectivity index (χ4n) is 5.29. The summed E-state index contributed by atoms with van der Waals surface area (Å²) in [6.07, 6.45) is 3.46. The zero-order valence-electron chi connectivity index (χ0n) is 19.6. The second kappa shape index (κ2) is 11.7. The van der Waals surface area contributed by atoms with Crippen molar-refractivity contribution in [3.8, 4) is 6.07 Å². The Morgan fingerprint density at radius 3 is 2.12 bits per heavy atom. The van der Waals surface area contributed by atoms with E-state index in [4.69, 9.17) is 0 Å². The molecule has 0 N–H and O–H groups in total. The number of likely N-dealkylation sites (N-methyl/N-ethyl adjacent to an activating group) is 1. The molecule has 0 bridgehead atoms. The Hall–Kier alpha value is -2.32. The van der Waals surface area contributed by atoms with Gasteiger partial charge in [0.2, 0.25) is 0 Å². The van der Waals surface area contributed by atoms with E-state index in [1.54, 1.807) is 12.1 Å². The number of rotatable bonds is 10.